The summed E-state index contributed by atoms with van der Waals surface area (Å²) in [7, 11) is 0. The summed E-state index contributed by atoms with van der Waals surface area (Å²) < 4.78 is 17.1. The Morgan fingerprint density at radius 3 is 2.56 bits per heavy atom. The van der Waals surface area contributed by atoms with Crippen LogP contribution in [-0.2, 0) is 0 Å². The van der Waals surface area contributed by atoms with Gasteiger partial charge in [-0.3, -0.25) is 0 Å². The monoisotopic (exact) mass is 460 g/mol. The Morgan fingerprint density at radius 2 is 1.74 bits per heavy atom. The number of hydrogen-bond acceptors (Lipinski definition) is 6. The molecule has 4 rings (SSSR count). The molecular formula is C27H28N2O5. The number of ether oxygens (including phenoxy) is 3. The fourth-order valence-electron chi connectivity index (χ4n) is 3.52. The maximum Gasteiger partial charge on any atom is 0.343 e. The van der Waals surface area contributed by atoms with Crippen LogP contribution in [0.25, 0.3) is 10.9 Å². The Morgan fingerprint density at radius 1 is 0.971 bits per heavy atom. The van der Waals surface area contributed by atoms with Crippen molar-refractivity contribution in [3.63, 3.8) is 0 Å². The summed E-state index contributed by atoms with van der Waals surface area (Å²) in [6.45, 7) is 3.39. The van der Waals surface area contributed by atoms with E-state index < -0.39 is 12.1 Å². The number of aryl methyl sites for hydroxylation is 1. The van der Waals surface area contributed by atoms with Crippen LogP contribution in [0.3, 0.4) is 0 Å². The van der Waals surface area contributed by atoms with Crippen LogP contribution in [0.2, 0.25) is 0 Å². The van der Waals surface area contributed by atoms with Crippen LogP contribution in [0, 0.1) is 6.92 Å². The number of hydrogen-bond donors (Lipinski definition) is 3. The van der Waals surface area contributed by atoms with Crippen molar-refractivity contribution in [1.29, 1.82) is 0 Å². The average Bonchev–Trinajstić information content (AvgIpc) is 3.32. The molecule has 176 valence electrons. The zero-order valence-corrected chi connectivity index (χ0v) is 19.0. The van der Waals surface area contributed by atoms with E-state index in [0.29, 0.717) is 36.8 Å². The third kappa shape index (κ3) is 6.15. The molecule has 1 heterocycles. The summed E-state index contributed by atoms with van der Waals surface area (Å²) in [6, 6.07) is 21.8. The third-order valence-electron chi connectivity index (χ3n) is 5.18. The standard InChI is InChI=1S/C27H28N2O5/c1-19-15-23-22(11-12-29-23)26(16-19)33-18-21(30)17-28-13-14-32-24-9-5-6-10-25(24)34-27(31)20-7-3-2-4-8-20/h2-12,15-16,21,28-30H,13-14,17-18H2,1H3. The summed E-state index contributed by atoms with van der Waals surface area (Å²) >= 11 is 0. The van der Waals surface area contributed by atoms with Gasteiger partial charge in [0.25, 0.3) is 0 Å². The van der Waals surface area contributed by atoms with E-state index in [0.717, 1.165) is 22.2 Å². The fraction of sp³-hybridized carbons (Fsp3) is 0.222. The molecule has 0 aliphatic heterocycles. The lowest BCUT2D eigenvalue weighted by Crippen LogP contribution is -2.33. The first kappa shape index (κ1) is 23.4. The molecule has 1 aromatic heterocycles. The van der Waals surface area contributed by atoms with Crippen LogP contribution < -0.4 is 19.5 Å². The van der Waals surface area contributed by atoms with E-state index in [2.05, 4.69) is 16.4 Å². The Kier molecular flexibility index (Phi) is 7.80. The number of carbonyl (C=O) groups is 1. The number of H-pyrrole nitrogens is 1. The van der Waals surface area contributed by atoms with E-state index in [-0.39, 0.29) is 6.61 Å². The van der Waals surface area contributed by atoms with Crippen molar-refractivity contribution in [2.45, 2.75) is 13.0 Å². The van der Waals surface area contributed by atoms with Crippen molar-refractivity contribution in [3.8, 4) is 17.2 Å². The van der Waals surface area contributed by atoms with Crippen molar-refractivity contribution in [2.24, 2.45) is 0 Å². The Hall–Kier alpha value is -3.81. The molecule has 0 saturated carbocycles. The number of aromatic amines is 1. The lowest BCUT2D eigenvalue weighted by molar-refractivity contribution is 0.0727. The molecule has 0 spiro atoms. The summed E-state index contributed by atoms with van der Waals surface area (Å²) in [6.07, 6.45) is 1.20. The number of rotatable bonds is 11. The van der Waals surface area contributed by atoms with Crippen molar-refractivity contribution in [1.82, 2.24) is 10.3 Å². The summed E-state index contributed by atoms with van der Waals surface area (Å²) in [5.41, 5.74) is 2.57. The molecule has 0 fully saturated rings. The quantitative estimate of drug-likeness (QED) is 0.177. The number of nitrogens with one attached hydrogen (secondary N) is 2. The number of aliphatic hydroxyl groups is 1. The lowest BCUT2D eigenvalue weighted by atomic mass is 10.1. The number of carbonyl (C=O) groups excluding carboxylic acids is 1. The van der Waals surface area contributed by atoms with Gasteiger partial charge >= 0.3 is 5.97 Å². The van der Waals surface area contributed by atoms with Gasteiger partial charge in [-0.25, -0.2) is 4.79 Å². The van der Waals surface area contributed by atoms with E-state index in [1.54, 1.807) is 42.5 Å². The van der Waals surface area contributed by atoms with E-state index in [1.807, 2.05) is 37.4 Å². The molecule has 4 aromatic rings. The van der Waals surface area contributed by atoms with Gasteiger partial charge in [-0.15, -0.1) is 0 Å². The minimum Gasteiger partial charge on any atom is -0.490 e. The highest BCUT2D eigenvalue weighted by Gasteiger charge is 2.12. The van der Waals surface area contributed by atoms with Gasteiger partial charge in [-0.05, 0) is 55.0 Å². The van der Waals surface area contributed by atoms with Crippen LogP contribution in [0.15, 0.2) is 79.0 Å². The minimum atomic E-state index is -0.673. The van der Waals surface area contributed by atoms with Crippen molar-refractivity contribution >= 4 is 16.9 Å². The number of fused-ring (bicyclic) bond motifs is 1. The largest absolute Gasteiger partial charge is 0.490 e. The SMILES string of the molecule is Cc1cc(OCC(O)CNCCOc2ccccc2OC(=O)c2ccccc2)c2cc[nH]c2c1. The normalized spacial score (nSPS) is 11.8. The second-order valence-corrected chi connectivity index (χ2v) is 7.92. The van der Waals surface area contributed by atoms with E-state index in [9.17, 15) is 9.90 Å². The molecule has 7 nitrogen and oxygen atoms in total. The van der Waals surface area contributed by atoms with Crippen LogP contribution in [0.4, 0.5) is 0 Å². The fourth-order valence-corrected chi connectivity index (χ4v) is 3.52. The molecule has 3 aromatic carbocycles. The van der Waals surface area contributed by atoms with Gasteiger partial charge in [0.2, 0.25) is 0 Å². The molecule has 3 N–H and O–H groups in total. The zero-order chi connectivity index (χ0) is 23.8. The smallest absolute Gasteiger partial charge is 0.343 e. The molecule has 0 aliphatic carbocycles. The van der Waals surface area contributed by atoms with Crippen molar-refractivity contribution < 1.29 is 24.1 Å². The van der Waals surface area contributed by atoms with E-state index in [1.165, 1.54) is 0 Å². The number of aliphatic hydroxyl groups excluding tert-OH is 1. The van der Waals surface area contributed by atoms with Crippen LogP contribution in [0.1, 0.15) is 15.9 Å². The molecule has 0 saturated heterocycles. The zero-order valence-electron chi connectivity index (χ0n) is 19.0. The highest BCUT2D eigenvalue weighted by Crippen LogP contribution is 2.28. The van der Waals surface area contributed by atoms with Gasteiger partial charge in [0.15, 0.2) is 11.5 Å². The number of para-hydroxylation sites is 2. The van der Waals surface area contributed by atoms with Gasteiger partial charge in [0.1, 0.15) is 25.1 Å². The molecule has 0 amide bonds. The molecule has 0 radical (unpaired) electrons. The number of esters is 1. The Bertz CT molecular complexity index is 1220. The predicted octanol–water partition coefficient (Wildman–Crippen LogP) is 4.10. The molecule has 0 bridgehead atoms. The third-order valence-corrected chi connectivity index (χ3v) is 5.18. The first-order valence-electron chi connectivity index (χ1n) is 11.2. The maximum atomic E-state index is 12.3. The minimum absolute atomic E-state index is 0.176. The Balaban J connectivity index is 1.20. The van der Waals surface area contributed by atoms with E-state index in [4.69, 9.17) is 14.2 Å². The lowest BCUT2D eigenvalue weighted by Gasteiger charge is -2.15. The van der Waals surface area contributed by atoms with Crippen molar-refractivity contribution in [3.05, 3.63) is 90.1 Å². The van der Waals surface area contributed by atoms with Crippen LogP contribution in [-0.4, -0.2) is 48.5 Å². The molecule has 7 heteroatoms. The van der Waals surface area contributed by atoms with Gasteiger partial charge < -0.3 is 29.6 Å². The summed E-state index contributed by atoms with van der Waals surface area (Å²) in [4.78, 5) is 15.5. The van der Waals surface area contributed by atoms with Crippen LogP contribution in [0.5, 0.6) is 17.2 Å². The maximum absolute atomic E-state index is 12.3. The van der Waals surface area contributed by atoms with Gasteiger partial charge in [-0.2, -0.15) is 0 Å². The van der Waals surface area contributed by atoms with Crippen molar-refractivity contribution in [2.75, 3.05) is 26.3 Å². The Labute approximate surface area is 198 Å². The summed E-state index contributed by atoms with van der Waals surface area (Å²) in [5, 5.41) is 14.4. The average molecular weight is 461 g/mol. The highest BCUT2D eigenvalue weighted by atomic mass is 16.6. The molecule has 0 aliphatic rings. The first-order chi connectivity index (χ1) is 16.6. The summed E-state index contributed by atoms with van der Waals surface area (Å²) in [5.74, 6) is 1.15. The molecule has 1 unspecified atom stereocenters. The van der Waals surface area contributed by atoms with Gasteiger partial charge in [0.05, 0.1) is 5.56 Å². The predicted molar refractivity (Wildman–Crippen MR) is 131 cm³/mol. The first-order valence-corrected chi connectivity index (χ1v) is 11.2. The second kappa shape index (κ2) is 11.4. The van der Waals surface area contributed by atoms with Crippen LogP contribution >= 0.6 is 0 Å². The second-order valence-electron chi connectivity index (χ2n) is 7.92. The molecular weight excluding hydrogens is 432 g/mol. The van der Waals surface area contributed by atoms with E-state index >= 15 is 0 Å². The highest BCUT2D eigenvalue weighted by molar-refractivity contribution is 5.91. The number of benzene rings is 3. The molecule has 1 atom stereocenters. The van der Waals surface area contributed by atoms with Gasteiger partial charge in [0, 0.05) is 30.2 Å². The van der Waals surface area contributed by atoms with Gasteiger partial charge in [-0.1, -0.05) is 30.3 Å². The number of aromatic nitrogens is 1. The topological polar surface area (TPSA) is 92.8 Å². The molecule has 34 heavy (non-hydrogen) atoms.